The van der Waals surface area contributed by atoms with Crippen molar-refractivity contribution in [3.8, 4) is 0 Å². The second kappa shape index (κ2) is 8.96. The first-order chi connectivity index (χ1) is 14.0. The van der Waals surface area contributed by atoms with Crippen molar-refractivity contribution < 1.29 is 72.1 Å². The summed E-state index contributed by atoms with van der Waals surface area (Å²) in [5.74, 6) is -2.57. The number of alkyl halides is 12. The summed E-state index contributed by atoms with van der Waals surface area (Å²) in [7, 11) is 0. The Labute approximate surface area is 180 Å². The van der Waals surface area contributed by atoms with Gasteiger partial charge in [-0.25, -0.2) is 0 Å². The smallest absolute Gasteiger partial charge is 0.434 e. The van der Waals surface area contributed by atoms with Crippen molar-refractivity contribution in [3.63, 3.8) is 0 Å². The lowest BCUT2D eigenvalue weighted by molar-refractivity contribution is -0.374. The van der Waals surface area contributed by atoms with Crippen molar-refractivity contribution in [1.82, 2.24) is 0 Å². The third-order valence-corrected chi connectivity index (χ3v) is 4.74. The Balaban J connectivity index is 6.90. The molecule has 16 heteroatoms. The number of hydrogen-bond acceptors (Lipinski definition) is 4. The van der Waals surface area contributed by atoms with E-state index in [1.165, 1.54) is 0 Å². The number of aliphatic hydroxyl groups excluding tert-OH is 1. The average Bonchev–Trinajstić information content (AvgIpc) is 2.43. The normalized spacial score (nSPS) is 16.4. The van der Waals surface area contributed by atoms with E-state index in [-0.39, 0.29) is 0 Å². The number of carbonyl (C=O) groups excluding carboxylic acids is 1. The Morgan fingerprint density at radius 3 is 1.09 bits per heavy atom. The topological polar surface area (TPSA) is 55.8 Å². The maximum absolute atomic E-state index is 12.9. The minimum Gasteiger partial charge on any atom is -0.442 e. The first kappa shape index (κ1) is 31.6. The van der Waals surface area contributed by atoms with E-state index in [1.54, 1.807) is 0 Å². The number of aliphatic hydroxyl groups is 1. The SMILES string of the molecule is CC(C)(C)C(C(=O)OC(C(F)(F)F)C(F)(F)F)(C(O)OC(C(F)(F)F)C(F)(F)F)C(C)(C)C. The summed E-state index contributed by atoms with van der Waals surface area (Å²) < 4.78 is 162. The first-order valence-corrected chi connectivity index (χ1v) is 8.83. The highest BCUT2D eigenvalue weighted by Crippen LogP contribution is 2.57. The zero-order chi connectivity index (χ0) is 27.2. The fourth-order valence-electron chi connectivity index (χ4n) is 3.67. The number of hydrogen-bond donors (Lipinski definition) is 1. The molecule has 0 aromatic heterocycles. The van der Waals surface area contributed by atoms with Crippen molar-refractivity contribution in [3.05, 3.63) is 0 Å². The molecule has 0 aliphatic heterocycles. The molecule has 0 aromatic carbocycles. The van der Waals surface area contributed by atoms with Gasteiger partial charge in [0.05, 0.1) is 0 Å². The fourth-order valence-corrected chi connectivity index (χ4v) is 3.67. The van der Waals surface area contributed by atoms with Crippen LogP contribution in [0.25, 0.3) is 0 Å². The largest absolute Gasteiger partial charge is 0.442 e. The number of rotatable bonds is 5. The van der Waals surface area contributed by atoms with E-state index in [1.807, 2.05) is 0 Å². The van der Waals surface area contributed by atoms with Crippen LogP contribution >= 0.6 is 0 Å². The summed E-state index contributed by atoms with van der Waals surface area (Å²) >= 11 is 0. The van der Waals surface area contributed by atoms with Gasteiger partial charge < -0.3 is 14.6 Å². The highest BCUT2D eigenvalue weighted by Gasteiger charge is 2.69. The van der Waals surface area contributed by atoms with Crippen LogP contribution in [0.1, 0.15) is 41.5 Å². The second-order valence-corrected chi connectivity index (χ2v) is 9.13. The van der Waals surface area contributed by atoms with E-state index in [9.17, 15) is 62.6 Å². The predicted octanol–water partition coefficient (Wildman–Crippen LogP) is 5.93. The Morgan fingerprint density at radius 2 is 0.879 bits per heavy atom. The number of halogens is 12. The molecule has 0 saturated carbocycles. The van der Waals surface area contributed by atoms with Gasteiger partial charge in [-0.2, -0.15) is 52.7 Å². The molecule has 0 radical (unpaired) electrons. The predicted molar refractivity (Wildman–Crippen MR) is 86.3 cm³/mol. The zero-order valence-electron chi connectivity index (χ0n) is 17.9. The summed E-state index contributed by atoms with van der Waals surface area (Å²) in [5, 5.41) is 10.3. The third-order valence-electron chi connectivity index (χ3n) is 4.74. The lowest BCUT2D eigenvalue weighted by Gasteiger charge is -2.53. The second-order valence-electron chi connectivity index (χ2n) is 9.13. The summed E-state index contributed by atoms with van der Waals surface area (Å²) in [4.78, 5) is 12.8. The Hall–Kier alpha value is -1.45. The van der Waals surface area contributed by atoms with Crippen molar-refractivity contribution in [1.29, 1.82) is 0 Å². The first-order valence-electron chi connectivity index (χ1n) is 8.83. The van der Waals surface area contributed by atoms with Gasteiger partial charge in [0.1, 0.15) is 5.41 Å². The minimum atomic E-state index is -6.25. The lowest BCUT2D eigenvalue weighted by Crippen LogP contribution is -2.64. The van der Waals surface area contributed by atoms with Crippen LogP contribution in [0, 0.1) is 16.2 Å². The zero-order valence-corrected chi connectivity index (χ0v) is 17.9. The standard InChI is InChI=1S/C17H22F12O4/c1-11(2,3)13(12(4,5)6,9(30)32-7(14(18,19)20)15(21,22)23)10(31)33-8(16(24,25)26)17(27,28)29/h7-9,30H,1-6H3. The van der Waals surface area contributed by atoms with E-state index in [2.05, 4.69) is 9.47 Å². The molecule has 1 N–H and O–H groups in total. The quantitative estimate of drug-likeness (QED) is 0.279. The fraction of sp³-hybridized carbons (Fsp3) is 0.941. The molecule has 1 unspecified atom stereocenters. The van der Waals surface area contributed by atoms with Crippen molar-refractivity contribution in [2.45, 2.75) is 84.7 Å². The Morgan fingerprint density at radius 1 is 0.606 bits per heavy atom. The number of carbonyl (C=O) groups is 1. The molecular weight excluding hydrogens is 496 g/mol. The van der Waals surface area contributed by atoms with Gasteiger partial charge in [-0.15, -0.1) is 0 Å². The van der Waals surface area contributed by atoms with Crippen LogP contribution in [0.2, 0.25) is 0 Å². The van der Waals surface area contributed by atoms with Crippen LogP contribution in [-0.2, 0) is 14.3 Å². The van der Waals surface area contributed by atoms with Crippen LogP contribution in [0.15, 0.2) is 0 Å². The van der Waals surface area contributed by atoms with Crippen molar-refractivity contribution in [2.75, 3.05) is 0 Å². The molecule has 33 heavy (non-hydrogen) atoms. The molecule has 0 spiro atoms. The highest BCUT2D eigenvalue weighted by atomic mass is 19.4. The molecule has 198 valence electrons. The molecule has 0 aliphatic carbocycles. The number of esters is 1. The molecular formula is C17H22F12O4. The average molecular weight is 518 g/mol. The maximum atomic E-state index is 12.9. The summed E-state index contributed by atoms with van der Waals surface area (Å²) in [5.41, 5.74) is -7.51. The molecule has 4 nitrogen and oxygen atoms in total. The molecule has 0 fully saturated rings. The van der Waals surface area contributed by atoms with E-state index in [0.29, 0.717) is 0 Å². The van der Waals surface area contributed by atoms with E-state index < -0.39 is 65.4 Å². The van der Waals surface area contributed by atoms with Gasteiger partial charge in [0, 0.05) is 0 Å². The van der Waals surface area contributed by atoms with Gasteiger partial charge in [-0.3, -0.25) is 4.79 Å². The van der Waals surface area contributed by atoms with E-state index >= 15 is 0 Å². The molecule has 0 bridgehead atoms. The summed E-state index contributed by atoms with van der Waals surface area (Å²) in [6.07, 6.45) is -38.0. The number of ether oxygens (including phenoxy) is 2. The Bertz CT molecular complexity index is 635. The van der Waals surface area contributed by atoms with E-state index in [4.69, 9.17) is 0 Å². The van der Waals surface area contributed by atoms with Crippen molar-refractivity contribution in [2.24, 2.45) is 16.2 Å². The van der Waals surface area contributed by atoms with Gasteiger partial charge in [-0.1, -0.05) is 41.5 Å². The van der Waals surface area contributed by atoms with Crippen LogP contribution in [0.3, 0.4) is 0 Å². The molecule has 0 amide bonds. The van der Waals surface area contributed by atoms with Gasteiger partial charge in [0.2, 0.25) is 0 Å². The minimum absolute atomic E-state index is 0.873. The van der Waals surface area contributed by atoms with Gasteiger partial charge in [0.15, 0.2) is 6.29 Å². The van der Waals surface area contributed by atoms with Gasteiger partial charge >= 0.3 is 30.7 Å². The maximum Gasteiger partial charge on any atom is 0.434 e. The molecule has 0 aromatic rings. The monoisotopic (exact) mass is 518 g/mol. The molecule has 0 heterocycles. The van der Waals surface area contributed by atoms with Gasteiger partial charge in [0.25, 0.3) is 12.2 Å². The highest BCUT2D eigenvalue weighted by molar-refractivity contribution is 5.80. The lowest BCUT2D eigenvalue weighted by atomic mass is 9.53. The van der Waals surface area contributed by atoms with Crippen LogP contribution < -0.4 is 0 Å². The molecule has 1 atom stereocenters. The third kappa shape index (κ3) is 6.79. The van der Waals surface area contributed by atoms with Crippen molar-refractivity contribution >= 4 is 5.97 Å². The molecule has 0 aliphatic rings. The van der Waals surface area contributed by atoms with Crippen LogP contribution in [0.5, 0.6) is 0 Å². The van der Waals surface area contributed by atoms with Crippen LogP contribution in [-0.4, -0.2) is 54.3 Å². The van der Waals surface area contributed by atoms with E-state index in [0.717, 1.165) is 41.5 Å². The summed E-state index contributed by atoms with van der Waals surface area (Å²) in [6, 6.07) is 0. The molecule has 0 saturated heterocycles. The van der Waals surface area contributed by atoms with Crippen LogP contribution in [0.4, 0.5) is 52.7 Å². The summed E-state index contributed by atoms with van der Waals surface area (Å²) in [6.45, 7) is 5.24. The Kier molecular flexibility index (Phi) is 8.57. The molecule has 0 rings (SSSR count). The van der Waals surface area contributed by atoms with Gasteiger partial charge in [-0.05, 0) is 10.8 Å².